The van der Waals surface area contributed by atoms with Gasteiger partial charge in [0.25, 0.3) is 0 Å². The van der Waals surface area contributed by atoms with Crippen LogP contribution >= 0.6 is 11.8 Å². The van der Waals surface area contributed by atoms with Crippen LogP contribution in [0.3, 0.4) is 0 Å². The van der Waals surface area contributed by atoms with Gasteiger partial charge in [-0.1, -0.05) is 6.07 Å². The average Bonchev–Trinajstić information content (AvgIpc) is 2.34. The van der Waals surface area contributed by atoms with Gasteiger partial charge in [-0.25, -0.2) is 0 Å². The number of anilines is 1. The topological polar surface area (TPSA) is 29.1 Å². The lowest BCUT2D eigenvalue weighted by atomic mass is 10.1. The van der Waals surface area contributed by atoms with Crippen LogP contribution in [0.15, 0.2) is 17.0 Å². The predicted molar refractivity (Wildman–Crippen MR) is 59.9 cm³/mol. The van der Waals surface area contributed by atoms with Crippen molar-refractivity contribution in [3.8, 4) is 0 Å². The summed E-state index contributed by atoms with van der Waals surface area (Å²) in [6.45, 7) is 4.12. The Morgan fingerprint density at radius 2 is 2.14 bits per heavy atom. The summed E-state index contributed by atoms with van der Waals surface area (Å²) >= 11 is 1.75. The highest BCUT2D eigenvalue weighted by atomic mass is 32.2. The molecule has 2 nitrogen and oxygen atoms in total. The van der Waals surface area contributed by atoms with Gasteiger partial charge in [0.1, 0.15) is 0 Å². The molecular weight excluding hydrogens is 194 g/mol. The van der Waals surface area contributed by atoms with Crippen molar-refractivity contribution < 1.29 is 4.79 Å². The van der Waals surface area contributed by atoms with Gasteiger partial charge < -0.3 is 5.32 Å². The molecule has 3 heteroatoms. The normalized spacial score (nSPS) is 15.7. The third kappa shape index (κ3) is 1.64. The van der Waals surface area contributed by atoms with Crippen molar-refractivity contribution in [1.29, 1.82) is 0 Å². The van der Waals surface area contributed by atoms with Crippen LogP contribution in [-0.2, 0) is 4.79 Å². The molecule has 1 aromatic carbocycles. The highest BCUT2D eigenvalue weighted by Crippen LogP contribution is 2.34. The summed E-state index contributed by atoms with van der Waals surface area (Å²) < 4.78 is 0. The van der Waals surface area contributed by atoms with Gasteiger partial charge in [0.2, 0.25) is 5.91 Å². The standard InChI is InChI=1S/C11H13NOS/c1-7-3-4-9-11(8(7)2)12-10(13)5-6-14-9/h3-4H,5-6H2,1-2H3,(H,12,13). The molecule has 0 bridgehead atoms. The molecular formula is C11H13NOS. The maximum Gasteiger partial charge on any atom is 0.225 e. The van der Waals surface area contributed by atoms with Gasteiger partial charge in [-0.05, 0) is 31.0 Å². The van der Waals surface area contributed by atoms with Gasteiger partial charge in [0.05, 0.1) is 5.69 Å². The highest BCUT2D eigenvalue weighted by molar-refractivity contribution is 7.99. The first-order valence-corrected chi connectivity index (χ1v) is 5.70. The second-order valence-electron chi connectivity index (χ2n) is 3.53. The molecule has 1 N–H and O–H groups in total. The Morgan fingerprint density at radius 3 is 2.93 bits per heavy atom. The summed E-state index contributed by atoms with van der Waals surface area (Å²) in [5.74, 6) is 1.01. The van der Waals surface area contributed by atoms with Crippen LogP contribution in [0.1, 0.15) is 17.5 Å². The fourth-order valence-electron chi connectivity index (χ4n) is 1.52. The van der Waals surface area contributed by atoms with Crippen LogP contribution in [0.25, 0.3) is 0 Å². The number of rotatable bonds is 0. The third-order valence-corrected chi connectivity index (χ3v) is 3.61. The van der Waals surface area contributed by atoms with E-state index in [2.05, 4.69) is 31.3 Å². The van der Waals surface area contributed by atoms with E-state index in [0.717, 1.165) is 11.4 Å². The van der Waals surface area contributed by atoms with E-state index in [1.807, 2.05) is 0 Å². The molecule has 0 unspecified atom stereocenters. The third-order valence-electron chi connectivity index (χ3n) is 2.55. The molecule has 0 spiro atoms. The average molecular weight is 207 g/mol. The number of aryl methyl sites for hydroxylation is 1. The first-order chi connectivity index (χ1) is 6.68. The minimum absolute atomic E-state index is 0.130. The van der Waals surface area contributed by atoms with Crippen LogP contribution in [0.4, 0.5) is 5.69 Å². The Kier molecular flexibility index (Phi) is 2.50. The Bertz CT molecular complexity index is 387. The van der Waals surface area contributed by atoms with Crippen LogP contribution < -0.4 is 5.32 Å². The number of nitrogens with one attached hydrogen (secondary N) is 1. The zero-order valence-corrected chi connectivity index (χ0v) is 9.20. The van der Waals surface area contributed by atoms with E-state index >= 15 is 0 Å². The molecule has 74 valence electrons. The number of amides is 1. The lowest BCUT2D eigenvalue weighted by Crippen LogP contribution is -2.11. The van der Waals surface area contributed by atoms with E-state index in [0.29, 0.717) is 6.42 Å². The number of fused-ring (bicyclic) bond motifs is 1. The molecule has 0 atom stereocenters. The van der Waals surface area contributed by atoms with Crippen LogP contribution in [-0.4, -0.2) is 11.7 Å². The number of benzene rings is 1. The fourth-order valence-corrected chi connectivity index (χ4v) is 2.54. The Morgan fingerprint density at radius 1 is 1.36 bits per heavy atom. The van der Waals surface area contributed by atoms with Gasteiger partial charge in [-0.15, -0.1) is 11.8 Å². The summed E-state index contributed by atoms with van der Waals surface area (Å²) in [5.41, 5.74) is 3.43. The van der Waals surface area contributed by atoms with Crippen molar-refractivity contribution in [2.24, 2.45) is 0 Å². The van der Waals surface area contributed by atoms with Crippen molar-refractivity contribution in [2.75, 3.05) is 11.1 Å². The molecule has 0 aromatic heterocycles. The van der Waals surface area contributed by atoms with Gasteiger partial charge >= 0.3 is 0 Å². The summed E-state index contributed by atoms with van der Waals surface area (Å²) in [7, 11) is 0. The van der Waals surface area contributed by atoms with Gasteiger partial charge in [0.15, 0.2) is 0 Å². The van der Waals surface area contributed by atoms with Crippen LogP contribution in [0.2, 0.25) is 0 Å². The monoisotopic (exact) mass is 207 g/mol. The van der Waals surface area contributed by atoms with Crippen molar-refractivity contribution >= 4 is 23.4 Å². The van der Waals surface area contributed by atoms with Crippen LogP contribution in [0.5, 0.6) is 0 Å². The summed E-state index contributed by atoms with van der Waals surface area (Å²) in [5, 5.41) is 2.97. The quantitative estimate of drug-likeness (QED) is 0.708. The zero-order chi connectivity index (χ0) is 10.1. The van der Waals surface area contributed by atoms with Crippen molar-refractivity contribution in [2.45, 2.75) is 25.2 Å². The molecule has 2 rings (SSSR count). The second-order valence-corrected chi connectivity index (χ2v) is 4.66. The van der Waals surface area contributed by atoms with Crippen LogP contribution in [0, 0.1) is 13.8 Å². The SMILES string of the molecule is Cc1ccc2c(c1C)NC(=O)CCS2. The molecule has 0 saturated heterocycles. The van der Waals surface area contributed by atoms with Gasteiger partial charge in [-0.3, -0.25) is 4.79 Å². The molecule has 0 radical (unpaired) electrons. The molecule has 14 heavy (non-hydrogen) atoms. The van der Waals surface area contributed by atoms with Gasteiger partial charge in [0, 0.05) is 17.1 Å². The first-order valence-electron chi connectivity index (χ1n) is 4.71. The van der Waals surface area contributed by atoms with E-state index in [1.54, 1.807) is 11.8 Å². The second kappa shape index (κ2) is 3.65. The molecule has 1 heterocycles. The number of carbonyl (C=O) groups excluding carboxylic acids is 1. The Labute approximate surface area is 88.1 Å². The summed E-state index contributed by atoms with van der Waals surface area (Å²) in [4.78, 5) is 12.6. The van der Waals surface area contributed by atoms with Gasteiger partial charge in [-0.2, -0.15) is 0 Å². The zero-order valence-electron chi connectivity index (χ0n) is 8.39. The van der Waals surface area contributed by atoms with E-state index in [9.17, 15) is 4.79 Å². The Hall–Kier alpha value is -0.960. The maximum atomic E-state index is 11.4. The number of hydrogen-bond donors (Lipinski definition) is 1. The number of hydrogen-bond acceptors (Lipinski definition) is 2. The van der Waals surface area contributed by atoms with Crippen molar-refractivity contribution in [3.05, 3.63) is 23.3 Å². The first kappa shape index (κ1) is 9.59. The molecule has 1 amide bonds. The lowest BCUT2D eigenvalue weighted by molar-refractivity contribution is -0.115. The minimum Gasteiger partial charge on any atom is -0.325 e. The number of thioether (sulfide) groups is 1. The van der Waals surface area contributed by atoms with Crippen molar-refractivity contribution in [3.63, 3.8) is 0 Å². The summed E-state index contributed by atoms with van der Waals surface area (Å²) in [6, 6.07) is 4.20. The van der Waals surface area contributed by atoms with E-state index < -0.39 is 0 Å². The molecule has 0 saturated carbocycles. The Balaban J connectivity index is 2.51. The predicted octanol–water partition coefficient (Wildman–Crippen LogP) is 2.74. The van der Waals surface area contributed by atoms with E-state index in [1.165, 1.54) is 16.0 Å². The number of carbonyl (C=O) groups is 1. The molecule has 0 aliphatic carbocycles. The largest absolute Gasteiger partial charge is 0.325 e. The minimum atomic E-state index is 0.130. The van der Waals surface area contributed by atoms with E-state index in [4.69, 9.17) is 0 Å². The highest BCUT2D eigenvalue weighted by Gasteiger charge is 2.15. The summed E-state index contributed by atoms with van der Waals surface area (Å²) in [6.07, 6.45) is 0.609. The van der Waals surface area contributed by atoms with Crippen molar-refractivity contribution in [1.82, 2.24) is 0 Å². The molecule has 1 aliphatic heterocycles. The van der Waals surface area contributed by atoms with E-state index in [-0.39, 0.29) is 5.91 Å². The molecule has 0 fully saturated rings. The smallest absolute Gasteiger partial charge is 0.225 e. The molecule has 1 aliphatic rings. The lowest BCUT2D eigenvalue weighted by Gasteiger charge is -2.11. The maximum absolute atomic E-state index is 11.4. The molecule has 1 aromatic rings. The fraction of sp³-hybridized carbons (Fsp3) is 0.364.